The predicted molar refractivity (Wildman–Crippen MR) is 414 cm³/mol. The molecule has 2 bridgehead atoms. The summed E-state index contributed by atoms with van der Waals surface area (Å²) in [5.41, 5.74) is 9.92. The van der Waals surface area contributed by atoms with Crippen molar-refractivity contribution in [3.8, 4) is 11.5 Å². The number of aromatic nitrogens is 2. The molecule has 2 aromatic heterocycles. The summed E-state index contributed by atoms with van der Waals surface area (Å²) >= 11 is 18.9. The number of ether oxygens (including phenoxy) is 8. The number of phosphoric ester groups is 1. The Hall–Kier alpha value is -8.51. The van der Waals surface area contributed by atoms with Crippen molar-refractivity contribution < 1.29 is 99.9 Å². The van der Waals surface area contributed by atoms with Crippen LogP contribution in [0.25, 0.3) is 21.8 Å². The van der Waals surface area contributed by atoms with E-state index < -0.39 is 60.6 Å². The van der Waals surface area contributed by atoms with Crippen LogP contribution in [0.4, 0.5) is 26.7 Å². The zero-order chi connectivity index (χ0) is 79.9. The van der Waals surface area contributed by atoms with Crippen molar-refractivity contribution in [3.63, 3.8) is 0 Å². The van der Waals surface area contributed by atoms with Crippen LogP contribution in [0.2, 0.25) is 0 Å². The third-order valence-corrected chi connectivity index (χ3v) is 21.8. The molecule has 0 spiro atoms. The van der Waals surface area contributed by atoms with Crippen LogP contribution >= 0.6 is 43.2 Å². The molecule has 10 amide bonds. The molecule has 4 atom stereocenters. The van der Waals surface area contributed by atoms with Gasteiger partial charge in [-0.25, -0.2) is 14.2 Å². The Kier molecular flexibility index (Phi) is 29.3. The van der Waals surface area contributed by atoms with E-state index in [1.54, 1.807) is 79.2 Å². The first-order chi connectivity index (χ1) is 53.1. The highest BCUT2D eigenvalue weighted by molar-refractivity contribution is 7.80. The maximum atomic E-state index is 15.0. The van der Waals surface area contributed by atoms with Gasteiger partial charge in [-0.2, -0.15) is 0 Å². The normalized spacial score (nSPS) is 18.7. The number of nitrogens with zero attached hydrogens (tertiary/aromatic N) is 5. The highest BCUT2D eigenvalue weighted by atomic mass is 35.5. The lowest BCUT2D eigenvalue weighted by Crippen LogP contribution is -2.73. The summed E-state index contributed by atoms with van der Waals surface area (Å²) < 4.78 is 62.3. The molecule has 3 fully saturated rings. The topological polar surface area (TPSA) is 416 Å². The maximum Gasteiger partial charge on any atom is 0.524 e. The van der Waals surface area contributed by atoms with Crippen LogP contribution in [0.5, 0.6) is 11.5 Å². The van der Waals surface area contributed by atoms with Gasteiger partial charge in [0.25, 0.3) is 17.0 Å². The number of benzene rings is 3. The van der Waals surface area contributed by atoms with Gasteiger partial charge in [-0.3, -0.25) is 48.2 Å². The van der Waals surface area contributed by atoms with E-state index in [9.17, 15) is 57.5 Å². The second kappa shape index (κ2) is 38.3. The number of anilines is 3. The number of phosphoric acid groups is 1. The summed E-state index contributed by atoms with van der Waals surface area (Å²) in [4.78, 5) is 152. The number of halogens is 2. The lowest BCUT2D eigenvalue weighted by Gasteiger charge is -2.69. The molecule has 33 nitrogen and oxygen atoms in total. The van der Waals surface area contributed by atoms with Crippen LogP contribution in [-0.4, -0.2) is 250 Å². The Bertz CT molecular complexity index is 4290. The maximum absolute atomic E-state index is 15.0. The molecule has 3 aliphatic heterocycles. The third-order valence-electron chi connectivity index (χ3n) is 20.2. The van der Waals surface area contributed by atoms with E-state index in [-0.39, 0.29) is 181 Å². The fourth-order valence-corrected chi connectivity index (χ4v) is 15.6. The number of carbonyl (C=O) groups is 9. The minimum atomic E-state index is -4.99. The summed E-state index contributed by atoms with van der Waals surface area (Å²) in [5, 5.41) is 12.5. The molecule has 5 heterocycles. The fraction of sp³-hybridized carbons (Fsp3) is 0.541. The molecule has 6 aliphatic rings. The summed E-state index contributed by atoms with van der Waals surface area (Å²) in [5.74, 6) is -3.07. The molecule has 37 heteroatoms. The van der Waals surface area contributed by atoms with Crippen molar-refractivity contribution in [2.75, 3.05) is 160 Å². The molecule has 0 saturated heterocycles. The lowest BCUT2D eigenvalue weighted by molar-refractivity contribution is -0.205. The molecule has 0 radical (unpaired) electrons. The van der Waals surface area contributed by atoms with E-state index in [0.717, 1.165) is 32.5 Å². The molecular formula is C74H97Cl2N12O21PS. The van der Waals surface area contributed by atoms with Crippen molar-refractivity contribution >= 4 is 141 Å². The first kappa shape index (κ1) is 84.9. The van der Waals surface area contributed by atoms with Crippen LogP contribution < -0.4 is 46.1 Å². The Morgan fingerprint density at radius 1 is 0.694 bits per heavy atom. The quantitative estimate of drug-likeness (QED) is 0.00685. The monoisotopic (exact) mass is 1620 g/mol. The molecule has 3 aromatic carbocycles. The van der Waals surface area contributed by atoms with Crippen LogP contribution in [-0.2, 0) is 77.9 Å². The van der Waals surface area contributed by atoms with E-state index in [4.69, 9.17) is 83.6 Å². The molecule has 5 aromatic rings. The van der Waals surface area contributed by atoms with Gasteiger partial charge >= 0.3 is 19.9 Å². The molecule has 11 rings (SSSR count). The van der Waals surface area contributed by atoms with Crippen LogP contribution in [0, 0.1) is 30.6 Å². The smallest absolute Gasteiger partial charge is 0.466 e. The highest BCUT2D eigenvalue weighted by Gasteiger charge is 2.76. The first-order valence-corrected chi connectivity index (χ1v) is 39.7. The van der Waals surface area contributed by atoms with Crippen LogP contribution in [0.15, 0.2) is 60.9 Å². The molecule has 3 saturated carbocycles. The Labute approximate surface area is 657 Å². The lowest BCUT2D eigenvalue weighted by atomic mass is 9.34. The van der Waals surface area contributed by atoms with Crippen molar-refractivity contribution in [3.05, 3.63) is 88.8 Å². The second-order valence-corrected chi connectivity index (χ2v) is 30.7. The average Bonchev–Trinajstić information content (AvgIpc) is 1.58. The number of likely N-dealkylation sites (N-methyl/N-ethyl adjacent to an activating group) is 2. The van der Waals surface area contributed by atoms with Gasteiger partial charge in [0.05, 0.1) is 119 Å². The van der Waals surface area contributed by atoms with Crippen molar-refractivity contribution in [1.82, 2.24) is 40.6 Å². The number of aromatic amines is 2. The van der Waals surface area contributed by atoms with E-state index in [2.05, 4.69) is 31.2 Å². The predicted octanol–water partition coefficient (Wildman–Crippen LogP) is 6.24. The number of amides is 10. The van der Waals surface area contributed by atoms with E-state index in [0.29, 0.717) is 91.9 Å². The van der Waals surface area contributed by atoms with E-state index in [1.807, 2.05) is 20.0 Å². The molecule has 111 heavy (non-hydrogen) atoms. The molecule has 604 valence electrons. The first-order valence-electron chi connectivity index (χ1n) is 36.7. The number of primary amides is 1. The van der Waals surface area contributed by atoms with Gasteiger partial charge in [0.2, 0.25) is 29.5 Å². The van der Waals surface area contributed by atoms with Gasteiger partial charge in [-0.15, -0.1) is 23.2 Å². The van der Waals surface area contributed by atoms with E-state index in [1.165, 1.54) is 23.1 Å². The number of carbonyl (C=O) groups excluding carboxylic acids is 9. The number of rotatable bonds is 43. The number of H-pyrrole nitrogens is 2. The Morgan fingerprint density at radius 2 is 1.18 bits per heavy atom. The van der Waals surface area contributed by atoms with Gasteiger partial charge in [0.15, 0.2) is 11.5 Å². The Balaban J connectivity index is 0.631. The van der Waals surface area contributed by atoms with Crippen LogP contribution in [0.1, 0.15) is 92.0 Å². The number of hydrogen-bond acceptors (Lipinski definition) is 20. The number of thiocarbonyl (C=S) groups is 1. The Morgan fingerprint density at radius 3 is 1.68 bits per heavy atom. The zero-order valence-corrected chi connectivity index (χ0v) is 66.1. The third kappa shape index (κ3) is 20.9. The van der Waals surface area contributed by atoms with Crippen molar-refractivity contribution in [2.24, 2.45) is 22.5 Å². The van der Waals surface area contributed by atoms with Gasteiger partial charge < -0.3 is 99.0 Å². The number of aryl methyl sites for hydroxylation is 2. The number of fused-ring (bicyclic) bond motifs is 6. The molecule has 10 N–H and O–H groups in total. The molecule has 3 aliphatic carbocycles. The van der Waals surface area contributed by atoms with Crippen LogP contribution in [0.3, 0.4) is 0 Å². The second-order valence-electron chi connectivity index (χ2n) is 28.6. The minimum absolute atomic E-state index is 0.0479. The summed E-state index contributed by atoms with van der Waals surface area (Å²) in [7, 11) is -1.70. The number of nitrogens with one attached hydrogen (secondary N) is 6. The SMILES string of the molecule is Cc1c[nH]c2c(OC(=O)N(C)CCN(C)C(=S)OCc3ccc(NC(=O)[C@H](CCCNC(N)=O)NC(=O)[C@@H](NC(=O)CCOCCOCCOCCOCCOCCOCCN4C(=O)C=CC4=O)C(C)C)cc3)cc3c(c12)[C@H](CCl)CN3C(=O)C12CC(C(=O)N3C[C@@H](CCl)c4c3cc(OP(=O)(O)O)c3[nH]cc(C)c43)(C1)C2. The molecular weight excluding hydrogens is 1530 g/mol. The number of imide groups is 1. The average molecular weight is 1620 g/mol. The van der Waals surface area contributed by atoms with E-state index >= 15 is 0 Å². The molecule has 0 unspecified atom stereocenters. The fourth-order valence-electron chi connectivity index (χ4n) is 14.6. The number of alkyl halides is 2. The number of hydrogen-bond donors (Lipinski definition) is 9. The summed E-state index contributed by atoms with van der Waals surface area (Å²) in [6.45, 7) is 12.1. The highest BCUT2D eigenvalue weighted by Crippen LogP contribution is 2.75. The van der Waals surface area contributed by atoms with Crippen molar-refractivity contribution in [1.29, 1.82) is 0 Å². The van der Waals surface area contributed by atoms with Gasteiger partial charge in [0.1, 0.15) is 18.7 Å². The minimum Gasteiger partial charge on any atom is -0.466 e. The number of nitrogens with two attached hydrogens (primary N) is 1. The van der Waals surface area contributed by atoms with Gasteiger partial charge in [-0.1, -0.05) is 26.0 Å². The van der Waals surface area contributed by atoms with Crippen molar-refractivity contribution in [2.45, 2.75) is 96.7 Å². The summed E-state index contributed by atoms with van der Waals surface area (Å²) in [6.07, 6.45) is 6.48. The van der Waals surface area contributed by atoms with Gasteiger partial charge in [0, 0.05) is 130 Å². The zero-order valence-electron chi connectivity index (χ0n) is 62.8. The standard InChI is InChI=1S/C74H97Cl2N12O21PS/c1-44(2)63(83-56(89)15-20-101-22-24-103-26-28-105-30-31-106-29-27-104-25-23-102-21-19-86-57(90)13-14-58(86)91)67(93)82-51(8-7-16-78-70(77)96)66(92)81-50-11-9-47(10-12-50)40-107-72(111)85(6)18-17-84(5)71(97)108-54-32-52-61(59-45(3)36-79-64(54)59)48(34-75)38-87(52)68(94)73-41-74(42-73,43-73)69(95)88-39-49(35-76)62-53(88)33-55(109-110(98,99)100)65-60(62)46(4)37-80-65/h9-14,32-33,36-37,44,48-49,51,63,79-80H,7-8,15-31,34-35,38-43H2,1-6H3,(H,81,92)(H,82,93)(H,83,89)(H3,77,78,96)(H2,98,99,100)/t48-,49-,51+,63+,73?,74?/m1/s1. The summed E-state index contributed by atoms with van der Waals surface area (Å²) in [6, 6.07) is 7.09. The van der Waals surface area contributed by atoms with Gasteiger partial charge in [-0.05, 0) is 104 Å². The largest absolute Gasteiger partial charge is 0.524 e. The number of urea groups is 1.